The third kappa shape index (κ3) is 4.08. The van der Waals surface area contributed by atoms with Gasteiger partial charge in [-0.25, -0.2) is 0 Å². The summed E-state index contributed by atoms with van der Waals surface area (Å²) in [6.07, 6.45) is 5.70. The average Bonchev–Trinajstić information content (AvgIpc) is 2.99. The molecule has 1 aliphatic carbocycles. The third-order valence-electron chi connectivity index (χ3n) is 5.22. The van der Waals surface area contributed by atoms with Crippen molar-refractivity contribution in [1.82, 2.24) is 9.80 Å². The van der Waals surface area contributed by atoms with Crippen molar-refractivity contribution in [3.05, 3.63) is 35.9 Å². The maximum absolute atomic E-state index is 3.78. The Bertz CT molecular complexity index is 420. The van der Waals surface area contributed by atoms with Gasteiger partial charge in [0.15, 0.2) is 0 Å². The molecule has 0 spiro atoms. The normalized spacial score (nSPS) is 23.5. The van der Waals surface area contributed by atoms with Gasteiger partial charge in [0.2, 0.25) is 0 Å². The van der Waals surface area contributed by atoms with Crippen molar-refractivity contribution in [1.29, 1.82) is 0 Å². The van der Waals surface area contributed by atoms with Crippen LogP contribution in [-0.2, 0) is 6.54 Å². The Morgan fingerprint density at radius 3 is 2.14 bits per heavy atom. The summed E-state index contributed by atoms with van der Waals surface area (Å²) in [7, 11) is 0. The Labute approximate surface area is 137 Å². The zero-order valence-electron chi connectivity index (χ0n) is 12.9. The van der Waals surface area contributed by atoms with Gasteiger partial charge in [-0.15, -0.1) is 0 Å². The molecule has 3 heteroatoms. The lowest BCUT2D eigenvalue weighted by molar-refractivity contribution is 0.0911. The minimum Gasteiger partial charge on any atom is -0.300 e. The first-order chi connectivity index (χ1) is 10.3. The molecule has 0 atom stereocenters. The maximum atomic E-state index is 3.78. The molecule has 0 aromatic heterocycles. The van der Waals surface area contributed by atoms with Gasteiger partial charge in [-0.3, -0.25) is 4.90 Å². The second kappa shape index (κ2) is 7.26. The van der Waals surface area contributed by atoms with E-state index in [4.69, 9.17) is 0 Å². The molecule has 2 nitrogen and oxygen atoms in total. The molecular weight excluding hydrogens is 324 g/mol. The molecule has 1 aromatic rings. The minimum absolute atomic E-state index is 0.571. The van der Waals surface area contributed by atoms with E-state index in [-0.39, 0.29) is 0 Å². The van der Waals surface area contributed by atoms with E-state index in [2.05, 4.69) is 56.1 Å². The zero-order chi connectivity index (χ0) is 14.5. The van der Waals surface area contributed by atoms with Crippen molar-refractivity contribution in [3.63, 3.8) is 0 Å². The first kappa shape index (κ1) is 15.5. The quantitative estimate of drug-likeness (QED) is 0.746. The number of benzene rings is 1. The Hall–Kier alpha value is -0.380. The number of alkyl halides is 1. The first-order valence-electron chi connectivity index (χ1n) is 8.34. The standard InChI is InChI=1S/C18H27BrN2/c19-15-18(8-4-5-9-18)16-21-12-10-20(11-13-21)14-17-6-2-1-3-7-17/h1-3,6-7H,4-5,8-16H2. The summed E-state index contributed by atoms with van der Waals surface area (Å²) in [5.41, 5.74) is 2.01. The van der Waals surface area contributed by atoms with Gasteiger partial charge in [-0.2, -0.15) is 0 Å². The van der Waals surface area contributed by atoms with Gasteiger partial charge < -0.3 is 4.90 Å². The van der Waals surface area contributed by atoms with Crippen LogP contribution in [0.3, 0.4) is 0 Å². The van der Waals surface area contributed by atoms with Crippen molar-refractivity contribution < 1.29 is 0 Å². The molecular formula is C18H27BrN2. The highest BCUT2D eigenvalue weighted by Gasteiger charge is 2.35. The molecule has 2 fully saturated rings. The molecule has 2 aliphatic rings. The summed E-state index contributed by atoms with van der Waals surface area (Å²) in [4.78, 5) is 5.30. The molecule has 0 radical (unpaired) electrons. The van der Waals surface area contributed by atoms with Gasteiger partial charge in [0.1, 0.15) is 0 Å². The SMILES string of the molecule is BrCC1(CN2CCN(Cc3ccccc3)CC2)CCCC1. The minimum atomic E-state index is 0.571. The number of hydrogen-bond donors (Lipinski definition) is 0. The third-order valence-corrected chi connectivity index (χ3v) is 6.41. The molecule has 0 amide bonds. The van der Waals surface area contributed by atoms with Crippen LogP contribution in [0.25, 0.3) is 0 Å². The molecule has 116 valence electrons. The fraction of sp³-hybridized carbons (Fsp3) is 0.667. The van der Waals surface area contributed by atoms with Crippen LogP contribution in [-0.4, -0.2) is 47.9 Å². The number of halogens is 1. The number of piperazine rings is 1. The smallest absolute Gasteiger partial charge is 0.0234 e. The van der Waals surface area contributed by atoms with Gasteiger partial charge >= 0.3 is 0 Å². The monoisotopic (exact) mass is 350 g/mol. The number of nitrogens with zero attached hydrogens (tertiary/aromatic N) is 2. The highest BCUT2D eigenvalue weighted by Crippen LogP contribution is 2.40. The molecule has 1 saturated heterocycles. The highest BCUT2D eigenvalue weighted by molar-refractivity contribution is 9.09. The lowest BCUT2D eigenvalue weighted by atomic mass is 9.88. The Kier molecular flexibility index (Phi) is 5.36. The second-order valence-corrected chi connectivity index (χ2v) is 7.44. The summed E-state index contributed by atoms with van der Waals surface area (Å²) in [5, 5.41) is 1.18. The summed E-state index contributed by atoms with van der Waals surface area (Å²) >= 11 is 3.78. The summed E-state index contributed by atoms with van der Waals surface area (Å²) < 4.78 is 0. The molecule has 21 heavy (non-hydrogen) atoms. The molecule has 1 saturated carbocycles. The maximum Gasteiger partial charge on any atom is 0.0234 e. The van der Waals surface area contributed by atoms with E-state index in [1.165, 1.54) is 69.3 Å². The Morgan fingerprint density at radius 1 is 0.905 bits per heavy atom. The predicted octanol–water partition coefficient (Wildman–Crippen LogP) is 3.76. The second-order valence-electron chi connectivity index (χ2n) is 6.88. The molecule has 1 aromatic carbocycles. The van der Waals surface area contributed by atoms with E-state index in [1.54, 1.807) is 0 Å². The largest absolute Gasteiger partial charge is 0.300 e. The van der Waals surface area contributed by atoms with Crippen LogP contribution in [0.5, 0.6) is 0 Å². The van der Waals surface area contributed by atoms with Crippen LogP contribution in [0, 0.1) is 5.41 Å². The lowest BCUT2D eigenvalue weighted by Gasteiger charge is -2.39. The van der Waals surface area contributed by atoms with Gasteiger partial charge in [0.05, 0.1) is 0 Å². The predicted molar refractivity (Wildman–Crippen MR) is 92.9 cm³/mol. The van der Waals surface area contributed by atoms with Crippen LogP contribution in [0.15, 0.2) is 30.3 Å². The van der Waals surface area contributed by atoms with Crippen LogP contribution in [0.1, 0.15) is 31.2 Å². The van der Waals surface area contributed by atoms with E-state index in [9.17, 15) is 0 Å². The van der Waals surface area contributed by atoms with E-state index in [0.29, 0.717) is 5.41 Å². The Balaban J connectivity index is 1.47. The fourth-order valence-corrected chi connectivity index (χ4v) is 4.62. The molecule has 1 aliphatic heterocycles. The lowest BCUT2D eigenvalue weighted by Crippen LogP contribution is -2.49. The average molecular weight is 351 g/mol. The van der Waals surface area contributed by atoms with Gasteiger partial charge in [0.25, 0.3) is 0 Å². The van der Waals surface area contributed by atoms with Crippen molar-refractivity contribution in [3.8, 4) is 0 Å². The van der Waals surface area contributed by atoms with Crippen LogP contribution < -0.4 is 0 Å². The fourth-order valence-electron chi connectivity index (χ4n) is 3.88. The summed E-state index contributed by atoms with van der Waals surface area (Å²) in [5.74, 6) is 0. The molecule has 0 N–H and O–H groups in total. The van der Waals surface area contributed by atoms with Gasteiger partial charge in [0, 0.05) is 44.6 Å². The molecule has 3 rings (SSSR count). The number of hydrogen-bond acceptors (Lipinski definition) is 2. The van der Waals surface area contributed by atoms with Crippen molar-refractivity contribution >= 4 is 15.9 Å². The van der Waals surface area contributed by atoms with E-state index < -0.39 is 0 Å². The summed E-state index contributed by atoms with van der Waals surface area (Å²) in [6, 6.07) is 10.9. The van der Waals surface area contributed by atoms with Crippen LogP contribution in [0.2, 0.25) is 0 Å². The van der Waals surface area contributed by atoms with E-state index >= 15 is 0 Å². The van der Waals surface area contributed by atoms with E-state index in [1.807, 2.05) is 0 Å². The van der Waals surface area contributed by atoms with Crippen LogP contribution >= 0.6 is 15.9 Å². The first-order valence-corrected chi connectivity index (χ1v) is 9.46. The van der Waals surface area contributed by atoms with Crippen molar-refractivity contribution in [2.24, 2.45) is 5.41 Å². The topological polar surface area (TPSA) is 6.48 Å². The molecule has 0 bridgehead atoms. The Morgan fingerprint density at radius 2 is 1.52 bits per heavy atom. The highest BCUT2D eigenvalue weighted by atomic mass is 79.9. The van der Waals surface area contributed by atoms with Crippen molar-refractivity contribution in [2.75, 3.05) is 38.1 Å². The van der Waals surface area contributed by atoms with Crippen molar-refractivity contribution in [2.45, 2.75) is 32.2 Å². The molecule has 1 heterocycles. The van der Waals surface area contributed by atoms with Crippen LogP contribution in [0.4, 0.5) is 0 Å². The van der Waals surface area contributed by atoms with E-state index in [0.717, 1.165) is 6.54 Å². The van der Waals surface area contributed by atoms with Gasteiger partial charge in [-0.1, -0.05) is 59.1 Å². The number of rotatable bonds is 5. The molecule has 0 unspecified atom stereocenters. The zero-order valence-corrected chi connectivity index (χ0v) is 14.5. The van der Waals surface area contributed by atoms with Gasteiger partial charge in [-0.05, 0) is 23.8 Å². The summed E-state index contributed by atoms with van der Waals surface area (Å²) in [6.45, 7) is 7.32.